The number of carboxylic acid groups (broad SMARTS) is 2. The van der Waals surface area contributed by atoms with E-state index in [2.05, 4.69) is 5.32 Å². The lowest BCUT2D eigenvalue weighted by Gasteiger charge is -2.43. The third-order valence-electron chi connectivity index (χ3n) is 8.14. The van der Waals surface area contributed by atoms with Crippen molar-refractivity contribution in [1.82, 2.24) is 14.8 Å². The summed E-state index contributed by atoms with van der Waals surface area (Å²) in [5, 5.41) is 31.2. The molecule has 1 saturated carbocycles. The number of aliphatic carboxylic acids is 1. The van der Waals surface area contributed by atoms with Gasteiger partial charge in [-0.15, -0.1) is 11.8 Å². The first-order valence-corrected chi connectivity index (χ1v) is 15.9. The van der Waals surface area contributed by atoms with Crippen molar-refractivity contribution >= 4 is 64.1 Å². The Kier molecular flexibility index (Phi) is 8.00. The van der Waals surface area contributed by atoms with Gasteiger partial charge in [-0.05, 0) is 38.3 Å². The number of alkyl carbamates (subject to hydrolysis) is 1. The largest absolute Gasteiger partial charge is 0.477 e. The van der Waals surface area contributed by atoms with Gasteiger partial charge in [0.15, 0.2) is 5.70 Å². The minimum absolute atomic E-state index is 0.00910. The number of aliphatic hydroxyl groups is 1. The Bertz CT molecular complexity index is 1670. The van der Waals surface area contributed by atoms with E-state index in [0.717, 1.165) is 30.7 Å². The lowest BCUT2D eigenvalue weighted by Crippen LogP contribution is -2.60. The number of aliphatic hydroxyl groups excluding tert-OH is 1. The second-order valence-electron chi connectivity index (χ2n) is 11.1. The Labute approximate surface area is 258 Å². The predicted octanol–water partition coefficient (Wildman–Crippen LogP) is 2.38. The second-order valence-corrected chi connectivity index (χ2v) is 13.6. The second kappa shape index (κ2) is 11.6. The molecule has 44 heavy (non-hydrogen) atoms. The highest BCUT2D eigenvalue weighted by molar-refractivity contribution is 8.22. The Morgan fingerprint density at radius 2 is 1.93 bits per heavy atom. The monoisotopic (exact) mass is 648 g/mol. The number of pyridine rings is 1. The van der Waals surface area contributed by atoms with Crippen LogP contribution in [0.15, 0.2) is 33.1 Å². The average molecular weight is 649 g/mol. The van der Waals surface area contributed by atoms with Gasteiger partial charge in [0.1, 0.15) is 23.4 Å². The number of ether oxygens (including phenoxy) is 1. The number of nitrogens with zero attached hydrogens (tertiary/aromatic N) is 3. The molecule has 1 aromatic heterocycles. The van der Waals surface area contributed by atoms with Crippen molar-refractivity contribution in [1.29, 1.82) is 0 Å². The molecule has 0 radical (unpaired) electrons. The summed E-state index contributed by atoms with van der Waals surface area (Å²) in [6.45, 7) is 2.18. The molecule has 4 N–H and O–H groups in total. The number of aromatic nitrogens is 1. The number of anilines is 1. The van der Waals surface area contributed by atoms with E-state index in [0.29, 0.717) is 22.7 Å². The van der Waals surface area contributed by atoms with Crippen LogP contribution >= 0.6 is 23.5 Å². The zero-order chi connectivity index (χ0) is 31.4. The Morgan fingerprint density at radius 1 is 1.18 bits per heavy atom. The number of nitrogens with one attached hydrogen (secondary N) is 1. The van der Waals surface area contributed by atoms with E-state index in [4.69, 9.17) is 4.74 Å². The third-order valence-corrected chi connectivity index (χ3v) is 10.8. The fraction of sp³-hybridized carbons (Fsp3) is 0.464. The Morgan fingerprint density at radius 3 is 2.59 bits per heavy atom. The van der Waals surface area contributed by atoms with Crippen LogP contribution in [0, 0.1) is 11.7 Å². The van der Waals surface area contributed by atoms with Gasteiger partial charge >= 0.3 is 18.0 Å². The number of fused-ring (bicyclic) bond motifs is 2. The Balaban J connectivity index is 1.04. The highest BCUT2D eigenvalue weighted by Gasteiger charge is 2.57. The van der Waals surface area contributed by atoms with Gasteiger partial charge in [-0.3, -0.25) is 14.5 Å². The van der Waals surface area contributed by atoms with Crippen LogP contribution in [0.5, 0.6) is 0 Å². The first kappa shape index (κ1) is 30.3. The molecule has 0 spiro atoms. The van der Waals surface area contributed by atoms with Crippen LogP contribution in [0.25, 0.3) is 10.9 Å². The van der Waals surface area contributed by atoms with E-state index < -0.39 is 58.1 Å². The number of β-lactam (4-membered cyclic amide) rings is 1. The lowest BCUT2D eigenvalue weighted by molar-refractivity contribution is -0.156. The van der Waals surface area contributed by atoms with Crippen LogP contribution in [0.2, 0.25) is 0 Å². The van der Waals surface area contributed by atoms with E-state index >= 15 is 4.39 Å². The molecule has 1 unspecified atom stereocenters. The molecule has 2 aromatic rings. The zero-order valence-electron chi connectivity index (χ0n) is 23.4. The summed E-state index contributed by atoms with van der Waals surface area (Å²) < 4.78 is 22.7. The van der Waals surface area contributed by atoms with Gasteiger partial charge in [0.25, 0.3) is 0 Å². The normalized spacial score (nSPS) is 23.5. The molecule has 1 aromatic carbocycles. The van der Waals surface area contributed by atoms with E-state index in [9.17, 15) is 39.3 Å². The van der Waals surface area contributed by atoms with Crippen LogP contribution in [0.3, 0.4) is 0 Å². The minimum Gasteiger partial charge on any atom is -0.477 e. The summed E-state index contributed by atoms with van der Waals surface area (Å²) in [5.41, 5.74) is -0.545. The predicted molar refractivity (Wildman–Crippen MR) is 159 cm³/mol. The van der Waals surface area contributed by atoms with Crippen molar-refractivity contribution in [2.24, 2.45) is 5.92 Å². The number of carbonyl (C=O) groups excluding carboxylic acids is 2. The fourth-order valence-electron chi connectivity index (χ4n) is 5.83. The molecule has 3 aliphatic heterocycles. The first-order chi connectivity index (χ1) is 21.0. The molecule has 6 rings (SSSR count). The van der Waals surface area contributed by atoms with Gasteiger partial charge < -0.3 is 34.8 Å². The smallest absolute Gasteiger partial charge is 0.407 e. The number of hydrogen-bond acceptors (Lipinski definition) is 10. The van der Waals surface area contributed by atoms with Gasteiger partial charge in [-0.2, -0.15) is 0 Å². The van der Waals surface area contributed by atoms with E-state index in [1.165, 1.54) is 29.8 Å². The van der Waals surface area contributed by atoms with Crippen LogP contribution in [-0.2, 0) is 14.3 Å². The quantitative estimate of drug-likeness (QED) is 0.219. The molecule has 0 bridgehead atoms. The summed E-state index contributed by atoms with van der Waals surface area (Å²) in [6, 6.07) is 2.35. The summed E-state index contributed by atoms with van der Waals surface area (Å²) in [7, 11) is 0. The number of rotatable bonds is 10. The van der Waals surface area contributed by atoms with Crippen molar-refractivity contribution in [2.75, 3.05) is 30.3 Å². The summed E-state index contributed by atoms with van der Waals surface area (Å²) in [6.07, 6.45) is 1.92. The molecule has 3 fully saturated rings. The number of thioether (sulfide) groups is 2. The SMILES string of the molecule is C[C@@H](O)[C@@H]1C(=O)N2C(C(=O)O)=C(SCCOC(=O)NC3CCN(c4cc5c(cc4F)c(=O)c(C(=O)O)cn5C4CC4)C3)S[C@H]12. The Hall–Kier alpha value is -3.76. The standard InChI is InChI=1S/C28H29FN4O9S2/c1-12(34)20-23(36)33-21(26(39)40)27(44-24(20)33)43-7-6-42-28(41)30-13-4-5-31(10-13)19-9-18-15(8-17(19)29)22(35)16(25(37)38)11-32(18)14-2-3-14/h8-9,11-14,20,24,34H,2-7,10H2,1H3,(H,30,41)(H,37,38)(H,39,40)/t12-,13?,20-,24-/m1/s1. The van der Waals surface area contributed by atoms with Gasteiger partial charge in [0, 0.05) is 36.5 Å². The number of benzene rings is 1. The lowest BCUT2D eigenvalue weighted by atomic mass is 9.92. The van der Waals surface area contributed by atoms with Crippen molar-refractivity contribution in [2.45, 2.75) is 49.7 Å². The molecule has 16 heteroatoms. The summed E-state index contributed by atoms with van der Waals surface area (Å²) in [5.74, 6) is -4.12. The van der Waals surface area contributed by atoms with Crippen molar-refractivity contribution in [3.05, 3.63) is 49.9 Å². The maximum Gasteiger partial charge on any atom is 0.407 e. The molecule has 4 heterocycles. The van der Waals surface area contributed by atoms with E-state index in [-0.39, 0.29) is 47.8 Å². The number of amides is 2. The molecular weight excluding hydrogens is 619 g/mol. The third kappa shape index (κ3) is 5.38. The maximum atomic E-state index is 15.2. The molecule has 13 nitrogen and oxygen atoms in total. The average Bonchev–Trinajstić information content (AvgIpc) is 3.61. The molecule has 2 amide bonds. The maximum absolute atomic E-state index is 15.2. The van der Waals surface area contributed by atoms with Crippen molar-refractivity contribution in [3.8, 4) is 0 Å². The van der Waals surface area contributed by atoms with E-state index in [1.54, 1.807) is 15.5 Å². The van der Waals surface area contributed by atoms with Crippen LogP contribution in [-0.4, -0.2) is 91.7 Å². The van der Waals surface area contributed by atoms with Crippen molar-refractivity contribution in [3.63, 3.8) is 0 Å². The van der Waals surface area contributed by atoms with Crippen molar-refractivity contribution < 1.29 is 43.6 Å². The minimum atomic E-state index is -1.36. The number of hydrogen-bond donors (Lipinski definition) is 4. The molecule has 4 atom stereocenters. The van der Waals surface area contributed by atoms with Crippen LogP contribution in [0.1, 0.15) is 42.6 Å². The van der Waals surface area contributed by atoms with Gasteiger partial charge in [-0.1, -0.05) is 11.8 Å². The first-order valence-electron chi connectivity index (χ1n) is 14.0. The number of aromatic carboxylic acids is 1. The molecule has 234 valence electrons. The molecular formula is C28H29FN4O9S2. The molecule has 2 saturated heterocycles. The highest BCUT2D eigenvalue weighted by atomic mass is 32.2. The number of halogens is 1. The van der Waals surface area contributed by atoms with Crippen LogP contribution < -0.4 is 15.6 Å². The van der Waals surface area contributed by atoms with Crippen LogP contribution in [0.4, 0.5) is 14.9 Å². The topological polar surface area (TPSA) is 179 Å². The van der Waals surface area contributed by atoms with Gasteiger partial charge in [-0.25, -0.2) is 18.8 Å². The zero-order valence-corrected chi connectivity index (χ0v) is 25.0. The van der Waals surface area contributed by atoms with E-state index in [1.807, 2.05) is 0 Å². The van der Waals surface area contributed by atoms with Gasteiger partial charge in [0.05, 0.1) is 33.5 Å². The summed E-state index contributed by atoms with van der Waals surface area (Å²) >= 11 is 2.35. The molecule has 4 aliphatic rings. The van der Waals surface area contributed by atoms with Gasteiger partial charge in [0.2, 0.25) is 11.3 Å². The summed E-state index contributed by atoms with van der Waals surface area (Å²) in [4.78, 5) is 63.8. The molecule has 1 aliphatic carbocycles. The number of carboxylic acids is 2. The number of carbonyl (C=O) groups is 4. The highest BCUT2D eigenvalue weighted by Crippen LogP contribution is 2.53. The fourth-order valence-corrected chi connectivity index (χ4v) is 8.65.